The highest BCUT2D eigenvalue weighted by molar-refractivity contribution is 5.71. The van der Waals surface area contributed by atoms with Gasteiger partial charge >= 0.3 is 17.9 Å². The van der Waals surface area contributed by atoms with E-state index in [0.29, 0.717) is 19.3 Å². The number of carbonyl (C=O) groups excluding carboxylic acids is 3. The summed E-state index contributed by atoms with van der Waals surface area (Å²) in [5, 5.41) is 0. The van der Waals surface area contributed by atoms with Gasteiger partial charge in [-0.05, 0) is 31.1 Å². The van der Waals surface area contributed by atoms with Gasteiger partial charge in [-0.25, -0.2) is 0 Å². The molecule has 0 heterocycles. The van der Waals surface area contributed by atoms with Gasteiger partial charge in [0.25, 0.3) is 0 Å². The van der Waals surface area contributed by atoms with Crippen LogP contribution in [0.5, 0.6) is 0 Å². The number of hydrogen-bond donors (Lipinski definition) is 0. The van der Waals surface area contributed by atoms with Crippen LogP contribution in [-0.4, -0.2) is 37.2 Å². The first-order valence-corrected chi connectivity index (χ1v) is 29.2. The highest BCUT2D eigenvalue weighted by Crippen LogP contribution is 2.18. The Morgan fingerprint density at radius 2 is 0.508 bits per heavy atom. The minimum atomic E-state index is -0.762. The summed E-state index contributed by atoms with van der Waals surface area (Å²) in [6.45, 7) is 11.4. The molecular weight excluding hydrogens is 805 g/mol. The molecule has 0 spiro atoms. The lowest BCUT2D eigenvalue weighted by molar-refractivity contribution is -0.167. The van der Waals surface area contributed by atoms with Crippen LogP contribution in [0, 0.1) is 11.8 Å². The first kappa shape index (κ1) is 63.4. The maximum absolute atomic E-state index is 12.8. The van der Waals surface area contributed by atoms with E-state index in [1.54, 1.807) is 0 Å². The lowest BCUT2D eigenvalue weighted by atomic mass is 10.0. The number of carbonyl (C=O) groups is 3. The molecule has 0 aliphatic rings. The quantitative estimate of drug-likeness (QED) is 0.0344. The summed E-state index contributed by atoms with van der Waals surface area (Å²) in [5.41, 5.74) is 0. The van der Waals surface area contributed by atoms with E-state index < -0.39 is 6.10 Å². The van der Waals surface area contributed by atoms with E-state index in [1.165, 1.54) is 218 Å². The lowest BCUT2D eigenvalue weighted by Gasteiger charge is -2.18. The number of esters is 3. The SMILES string of the molecule is CCCCCCCCCCCCCCCCCC(=O)O[C@@H](COC(=O)CCCCCCCCCCCCCCCCCCC(C)C)COC(=O)CCCCCCCCCCCCC(C)C. The van der Waals surface area contributed by atoms with Crippen molar-refractivity contribution in [2.24, 2.45) is 11.8 Å². The van der Waals surface area contributed by atoms with E-state index in [-0.39, 0.29) is 31.1 Å². The molecule has 1 atom stereocenters. The Morgan fingerprint density at radius 3 is 0.754 bits per heavy atom. The smallest absolute Gasteiger partial charge is 0.306 e. The Hall–Kier alpha value is -1.59. The second-order valence-corrected chi connectivity index (χ2v) is 21.2. The monoisotopic (exact) mass is 919 g/mol. The van der Waals surface area contributed by atoms with Crippen molar-refractivity contribution in [2.45, 2.75) is 336 Å². The highest BCUT2D eigenvalue weighted by Gasteiger charge is 2.19. The molecule has 6 nitrogen and oxygen atoms in total. The average Bonchev–Trinajstić information content (AvgIpc) is 3.28. The molecule has 386 valence electrons. The molecule has 0 aromatic rings. The van der Waals surface area contributed by atoms with Crippen molar-refractivity contribution in [3.63, 3.8) is 0 Å². The molecule has 0 aromatic carbocycles. The van der Waals surface area contributed by atoms with Gasteiger partial charge in [0.1, 0.15) is 13.2 Å². The summed E-state index contributed by atoms with van der Waals surface area (Å²) >= 11 is 0. The third kappa shape index (κ3) is 53.2. The molecule has 0 bridgehead atoms. The molecule has 0 N–H and O–H groups in total. The average molecular weight is 920 g/mol. The molecule has 0 aromatic heterocycles. The Bertz CT molecular complexity index is 993. The Labute approximate surface area is 406 Å². The van der Waals surface area contributed by atoms with Gasteiger partial charge in [-0.2, -0.15) is 0 Å². The Kier molecular flexibility index (Phi) is 50.5. The fraction of sp³-hybridized carbons (Fsp3) is 0.949. The van der Waals surface area contributed by atoms with Crippen molar-refractivity contribution in [3.8, 4) is 0 Å². The molecule has 0 aliphatic heterocycles. The Morgan fingerprint density at radius 1 is 0.292 bits per heavy atom. The van der Waals surface area contributed by atoms with Crippen molar-refractivity contribution < 1.29 is 28.6 Å². The van der Waals surface area contributed by atoms with Crippen molar-refractivity contribution >= 4 is 17.9 Å². The molecule has 0 rings (SSSR count). The van der Waals surface area contributed by atoms with Crippen molar-refractivity contribution in [1.82, 2.24) is 0 Å². The largest absolute Gasteiger partial charge is 0.462 e. The third-order valence-electron chi connectivity index (χ3n) is 13.5. The fourth-order valence-corrected chi connectivity index (χ4v) is 9.05. The summed E-state index contributed by atoms with van der Waals surface area (Å²) < 4.78 is 16.9. The van der Waals surface area contributed by atoms with Crippen molar-refractivity contribution in [2.75, 3.05) is 13.2 Å². The highest BCUT2D eigenvalue weighted by atomic mass is 16.6. The predicted octanol–water partition coefficient (Wildman–Crippen LogP) is 19.3. The standard InChI is InChI=1S/C59H114O6/c1-6-7-8-9-10-11-12-13-16-21-24-31-36-41-46-51-59(62)65-56(53-64-58(61)50-45-40-35-30-26-25-28-33-38-43-48-55(4)5)52-63-57(60)49-44-39-34-29-23-20-18-15-14-17-19-22-27-32-37-42-47-54(2)3/h54-56H,6-53H2,1-5H3/t56-/m0/s1. The van der Waals surface area contributed by atoms with Crippen LogP contribution in [0.4, 0.5) is 0 Å². The van der Waals surface area contributed by atoms with Gasteiger partial charge in [0.15, 0.2) is 6.10 Å². The second-order valence-electron chi connectivity index (χ2n) is 21.2. The molecule has 0 fully saturated rings. The molecular formula is C59H114O6. The molecule has 0 radical (unpaired) electrons. The Balaban J connectivity index is 4.27. The summed E-state index contributed by atoms with van der Waals surface area (Å²) in [7, 11) is 0. The predicted molar refractivity (Wildman–Crippen MR) is 280 cm³/mol. The van der Waals surface area contributed by atoms with E-state index >= 15 is 0 Å². The third-order valence-corrected chi connectivity index (χ3v) is 13.5. The zero-order chi connectivity index (χ0) is 47.5. The van der Waals surface area contributed by atoms with Crippen LogP contribution in [0.2, 0.25) is 0 Å². The first-order valence-electron chi connectivity index (χ1n) is 29.2. The molecule has 0 saturated heterocycles. The summed E-state index contributed by atoms with van der Waals surface area (Å²) in [6.07, 6.45) is 55.2. The van der Waals surface area contributed by atoms with E-state index in [1.807, 2.05) is 0 Å². The minimum absolute atomic E-state index is 0.0626. The lowest BCUT2D eigenvalue weighted by Crippen LogP contribution is -2.30. The van der Waals surface area contributed by atoms with Crippen LogP contribution in [0.15, 0.2) is 0 Å². The van der Waals surface area contributed by atoms with Crippen LogP contribution in [0.3, 0.4) is 0 Å². The van der Waals surface area contributed by atoms with E-state index in [9.17, 15) is 14.4 Å². The number of hydrogen-bond acceptors (Lipinski definition) is 6. The maximum Gasteiger partial charge on any atom is 0.306 e. The second kappa shape index (κ2) is 51.8. The first-order chi connectivity index (χ1) is 31.7. The number of ether oxygens (including phenoxy) is 3. The van der Waals surface area contributed by atoms with Gasteiger partial charge in [-0.1, -0.05) is 291 Å². The minimum Gasteiger partial charge on any atom is -0.462 e. The molecule has 0 aliphatic carbocycles. The van der Waals surface area contributed by atoms with E-state index in [0.717, 1.165) is 69.6 Å². The molecule has 0 saturated carbocycles. The van der Waals surface area contributed by atoms with Crippen LogP contribution in [0.1, 0.15) is 330 Å². The molecule has 65 heavy (non-hydrogen) atoms. The normalized spacial score (nSPS) is 12.0. The molecule has 0 unspecified atom stereocenters. The fourth-order valence-electron chi connectivity index (χ4n) is 9.05. The molecule has 0 amide bonds. The number of unbranched alkanes of at least 4 members (excludes halogenated alkanes) is 38. The van der Waals surface area contributed by atoms with Gasteiger partial charge in [0, 0.05) is 19.3 Å². The van der Waals surface area contributed by atoms with Gasteiger partial charge in [-0.15, -0.1) is 0 Å². The van der Waals surface area contributed by atoms with Crippen LogP contribution in [0.25, 0.3) is 0 Å². The summed E-state index contributed by atoms with van der Waals surface area (Å²) in [6, 6.07) is 0. The van der Waals surface area contributed by atoms with Gasteiger partial charge in [-0.3, -0.25) is 14.4 Å². The van der Waals surface area contributed by atoms with E-state index in [2.05, 4.69) is 34.6 Å². The van der Waals surface area contributed by atoms with Crippen LogP contribution < -0.4 is 0 Å². The maximum atomic E-state index is 12.8. The van der Waals surface area contributed by atoms with Gasteiger partial charge in [0.05, 0.1) is 0 Å². The van der Waals surface area contributed by atoms with Crippen molar-refractivity contribution in [3.05, 3.63) is 0 Å². The summed E-state index contributed by atoms with van der Waals surface area (Å²) in [4.78, 5) is 38.1. The van der Waals surface area contributed by atoms with Crippen LogP contribution in [-0.2, 0) is 28.6 Å². The zero-order valence-corrected chi connectivity index (χ0v) is 44.6. The summed E-state index contributed by atoms with van der Waals surface area (Å²) in [5.74, 6) is 0.833. The topological polar surface area (TPSA) is 78.9 Å². The molecule has 6 heteroatoms. The van der Waals surface area contributed by atoms with Crippen molar-refractivity contribution in [1.29, 1.82) is 0 Å². The number of rotatable bonds is 53. The van der Waals surface area contributed by atoms with Gasteiger partial charge in [0.2, 0.25) is 0 Å². The zero-order valence-electron chi connectivity index (χ0n) is 44.6. The van der Waals surface area contributed by atoms with Gasteiger partial charge < -0.3 is 14.2 Å². The van der Waals surface area contributed by atoms with E-state index in [4.69, 9.17) is 14.2 Å². The van der Waals surface area contributed by atoms with Crippen LogP contribution >= 0.6 is 0 Å².